The average molecular weight is 395 g/mol. The fraction of sp³-hybridized carbons (Fsp3) is 0.250. The zero-order valence-electron chi connectivity index (χ0n) is 16.3. The summed E-state index contributed by atoms with van der Waals surface area (Å²) in [7, 11) is 1.32. The van der Waals surface area contributed by atoms with Crippen LogP contribution in [0, 0.1) is 0 Å². The lowest BCUT2D eigenvalue weighted by atomic mass is 10.1. The fourth-order valence-corrected chi connectivity index (χ4v) is 2.57. The van der Waals surface area contributed by atoms with E-state index in [1.165, 1.54) is 7.11 Å². The molecular weight excluding hydrogens is 374 g/mol. The van der Waals surface area contributed by atoms with Crippen molar-refractivity contribution in [2.24, 2.45) is 0 Å². The lowest BCUT2D eigenvalue weighted by Gasteiger charge is -2.10. The summed E-state index contributed by atoms with van der Waals surface area (Å²) in [5.41, 5.74) is 1.46. The van der Waals surface area contributed by atoms with Crippen molar-refractivity contribution < 1.29 is 19.1 Å². The van der Waals surface area contributed by atoms with Crippen LogP contribution in [0.5, 0.6) is 5.75 Å². The number of nitrogens with one attached hydrogen (secondary N) is 1. The Morgan fingerprint density at radius 3 is 2.31 bits per heavy atom. The van der Waals surface area contributed by atoms with Crippen LogP contribution in [-0.4, -0.2) is 39.2 Å². The highest BCUT2D eigenvalue weighted by atomic mass is 16.5. The number of anilines is 1. The van der Waals surface area contributed by atoms with Crippen molar-refractivity contribution >= 4 is 17.6 Å². The summed E-state index contributed by atoms with van der Waals surface area (Å²) < 4.78 is 12.0. The predicted molar refractivity (Wildman–Crippen MR) is 105 cm³/mol. The molecule has 0 atom stereocenters. The number of nitrogens with zero attached hydrogens (tertiary/aromatic N) is 4. The number of esters is 1. The largest absolute Gasteiger partial charge is 0.486 e. The molecule has 29 heavy (non-hydrogen) atoms. The van der Waals surface area contributed by atoms with Crippen LogP contribution in [-0.2, 0) is 11.3 Å². The van der Waals surface area contributed by atoms with Gasteiger partial charge in [0.25, 0.3) is 5.91 Å². The number of hydrogen-bond acceptors (Lipinski definition) is 7. The maximum Gasteiger partial charge on any atom is 0.337 e. The van der Waals surface area contributed by atoms with Crippen LogP contribution in [0.25, 0.3) is 0 Å². The highest BCUT2D eigenvalue weighted by Crippen LogP contribution is 2.16. The number of hydrogen-bond donors (Lipinski definition) is 1. The summed E-state index contributed by atoms with van der Waals surface area (Å²) in [6, 6.07) is 13.3. The second kappa shape index (κ2) is 8.96. The van der Waals surface area contributed by atoms with Gasteiger partial charge < -0.3 is 14.8 Å². The predicted octanol–water partition coefficient (Wildman–Crippen LogP) is 2.87. The zero-order valence-corrected chi connectivity index (χ0v) is 16.3. The van der Waals surface area contributed by atoms with Crippen LogP contribution in [0.4, 0.5) is 5.69 Å². The maximum absolute atomic E-state index is 12.4. The molecule has 9 nitrogen and oxygen atoms in total. The third-order valence-corrected chi connectivity index (χ3v) is 4.10. The van der Waals surface area contributed by atoms with Gasteiger partial charge in [0.2, 0.25) is 0 Å². The van der Waals surface area contributed by atoms with Crippen LogP contribution in [0.15, 0.2) is 48.5 Å². The monoisotopic (exact) mass is 395 g/mol. The molecule has 1 aromatic heterocycles. The van der Waals surface area contributed by atoms with Gasteiger partial charge in [0.05, 0.1) is 18.7 Å². The lowest BCUT2D eigenvalue weighted by Crippen LogP contribution is -2.12. The van der Waals surface area contributed by atoms with Gasteiger partial charge in [-0.15, -0.1) is 5.10 Å². The molecule has 2 aromatic carbocycles. The first-order chi connectivity index (χ1) is 14.0. The molecule has 3 rings (SSSR count). The van der Waals surface area contributed by atoms with Crippen molar-refractivity contribution in [3.8, 4) is 5.75 Å². The van der Waals surface area contributed by atoms with Gasteiger partial charge in [-0.3, -0.25) is 4.79 Å². The molecule has 3 aromatic rings. The summed E-state index contributed by atoms with van der Waals surface area (Å²) >= 11 is 0. The summed E-state index contributed by atoms with van der Waals surface area (Å²) in [6.45, 7) is 4.19. The SMILES string of the molecule is COC(=O)c1ccc(NC(=O)c2ccc(OCc3nnnn3C(C)C)cc2)cc1. The van der Waals surface area contributed by atoms with E-state index in [0.29, 0.717) is 28.4 Å². The summed E-state index contributed by atoms with van der Waals surface area (Å²) in [6.07, 6.45) is 0. The van der Waals surface area contributed by atoms with Gasteiger partial charge in [-0.2, -0.15) is 0 Å². The molecule has 9 heteroatoms. The topological polar surface area (TPSA) is 108 Å². The minimum absolute atomic E-state index is 0.136. The van der Waals surface area contributed by atoms with E-state index >= 15 is 0 Å². The van der Waals surface area contributed by atoms with Crippen molar-refractivity contribution in [2.75, 3.05) is 12.4 Å². The highest BCUT2D eigenvalue weighted by Gasteiger charge is 2.11. The van der Waals surface area contributed by atoms with E-state index in [-0.39, 0.29) is 18.6 Å². The first kappa shape index (κ1) is 20.0. The molecule has 0 bridgehead atoms. The number of carbonyl (C=O) groups is 2. The molecule has 1 amide bonds. The Hall–Kier alpha value is -3.75. The van der Waals surface area contributed by atoms with E-state index in [2.05, 4.69) is 25.6 Å². The molecule has 0 aliphatic rings. The van der Waals surface area contributed by atoms with Crippen molar-refractivity contribution in [3.63, 3.8) is 0 Å². The third-order valence-electron chi connectivity index (χ3n) is 4.10. The lowest BCUT2D eigenvalue weighted by molar-refractivity contribution is 0.0600. The van der Waals surface area contributed by atoms with E-state index < -0.39 is 5.97 Å². The molecule has 0 unspecified atom stereocenters. The van der Waals surface area contributed by atoms with Gasteiger partial charge in [-0.1, -0.05) is 0 Å². The minimum atomic E-state index is -0.430. The zero-order chi connectivity index (χ0) is 20.8. The smallest absolute Gasteiger partial charge is 0.337 e. The van der Waals surface area contributed by atoms with Gasteiger partial charge in [-0.25, -0.2) is 9.48 Å². The molecule has 150 valence electrons. The Balaban J connectivity index is 1.58. The maximum atomic E-state index is 12.4. The number of rotatable bonds is 7. The highest BCUT2D eigenvalue weighted by molar-refractivity contribution is 6.04. The number of benzene rings is 2. The number of amides is 1. The third kappa shape index (κ3) is 4.95. The summed E-state index contributed by atoms with van der Waals surface area (Å²) in [5.74, 6) is 0.520. The molecule has 0 spiro atoms. The fourth-order valence-electron chi connectivity index (χ4n) is 2.57. The van der Waals surface area contributed by atoms with Crippen LogP contribution < -0.4 is 10.1 Å². The number of ether oxygens (including phenoxy) is 2. The summed E-state index contributed by atoms with van der Waals surface area (Å²) in [4.78, 5) is 23.8. The number of aromatic nitrogens is 4. The Morgan fingerprint density at radius 1 is 1.03 bits per heavy atom. The van der Waals surface area contributed by atoms with Gasteiger partial charge in [0, 0.05) is 11.3 Å². The molecule has 0 radical (unpaired) electrons. The van der Waals surface area contributed by atoms with E-state index in [9.17, 15) is 9.59 Å². The van der Waals surface area contributed by atoms with Crippen LogP contribution >= 0.6 is 0 Å². The molecule has 0 saturated carbocycles. The van der Waals surface area contributed by atoms with Gasteiger partial charge in [0.15, 0.2) is 5.82 Å². The quantitative estimate of drug-likeness (QED) is 0.613. The van der Waals surface area contributed by atoms with Crippen molar-refractivity contribution in [2.45, 2.75) is 26.5 Å². The molecule has 0 fully saturated rings. The van der Waals surface area contributed by atoms with Gasteiger partial charge in [-0.05, 0) is 72.8 Å². The number of carbonyl (C=O) groups excluding carboxylic acids is 2. The van der Waals surface area contributed by atoms with Crippen LogP contribution in [0.2, 0.25) is 0 Å². The van der Waals surface area contributed by atoms with Gasteiger partial charge >= 0.3 is 5.97 Å². The van der Waals surface area contributed by atoms with Gasteiger partial charge in [0.1, 0.15) is 12.4 Å². The average Bonchev–Trinajstić information content (AvgIpc) is 3.21. The number of methoxy groups -OCH3 is 1. The van der Waals surface area contributed by atoms with E-state index in [1.54, 1.807) is 53.2 Å². The van der Waals surface area contributed by atoms with E-state index in [1.807, 2.05) is 13.8 Å². The first-order valence-corrected chi connectivity index (χ1v) is 8.97. The molecule has 1 heterocycles. The molecule has 0 aliphatic heterocycles. The van der Waals surface area contributed by atoms with E-state index in [0.717, 1.165) is 0 Å². The van der Waals surface area contributed by atoms with E-state index in [4.69, 9.17) is 4.74 Å². The summed E-state index contributed by atoms with van der Waals surface area (Å²) in [5, 5.41) is 14.3. The Kier molecular flexibility index (Phi) is 6.18. The Bertz CT molecular complexity index is 981. The Labute approximate surface area is 167 Å². The minimum Gasteiger partial charge on any atom is -0.486 e. The molecule has 0 aliphatic carbocycles. The molecule has 1 N–H and O–H groups in total. The second-order valence-corrected chi connectivity index (χ2v) is 6.47. The van der Waals surface area contributed by atoms with Crippen molar-refractivity contribution in [1.29, 1.82) is 0 Å². The molecule has 0 saturated heterocycles. The second-order valence-electron chi connectivity index (χ2n) is 6.47. The van der Waals surface area contributed by atoms with Crippen LogP contribution in [0.3, 0.4) is 0 Å². The molecular formula is C20H21N5O4. The first-order valence-electron chi connectivity index (χ1n) is 8.97. The standard InChI is InChI=1S/C20H21N5O4/c1-13(2)25-18(22-23-24-25)12-29-17-10-6-14(7-11-17)19(26)21-16-8-4-15(5-9-16)20(27)28-3/h4-11,13H,12H2,1-3H3,(H,21,26). The normalized spacial score (nSPS) is 10.6. The number of tetrazole rings is 1. The van der Waals surface area contributed by atoms with Crippen molar-refractivity contribution in [1.82, 2.24) is 20.2 Å². The van der Waals surface area contributed by atoms with Crippen molar-refractivity contribution in [3.05, 3.63) is 65.5 Å². The Morgan fingerprint density at radius 2 is 1.69 bits per heavy atom. The van der Waals surface area contributed by atoms with Crippen LogP contribution in [0.1, 0.15) is 46.4 Å².